The first-order chi connectivity index (χ1) is 8.27. The fourth-order valence-electron chi connectivity index (χ4n) is 2.25. The van der Waals surface area contributed by atoms with Gasteiger partial charge >= 0.3 is 0 Å². The highest BCUT2D eigenvalue weighted by Crippen LogP contribution is 2.17. The maximum atomic E-state index is 12.1. The Hall–Kier alpha value is -0.220. The first-order valence-electron chi connectivity index (χ1n) is 6.83. The standard InChI is InChI=1S/C13H26N2OS/c1-3-17-10-12(14-2)13(16)15-11-8-6-4-5-7-9-11/h11-12,14H,3-10H2,1-2H3,(H,15,16). The second kappa shape index (κ2) is 8.81. The third-order valence-corrected chi connectivity index (χ3v) is 4.33. The van der Waals surface area contributed by atoms with Crippen molar-refractivity contribution in [2.75, 3.05) is 18.6 Å². The van der Waals surface area contributed by atoms with Gasteiger partial charge in [0.25, 0.3) is 0 Å². The summed E-state index contributed by atoms with van der Waals surface area (Å²) in [5.41, 5.74) is 0. The Morgan fingerprint density at radius 1 is 1.29 bits per heavy atom. The molecular weight excluding hydrogens is 232 g/mol. The van der Waals surface area contributed by atoms with Crippen LogP contribution in [0, 0.1) is 0 Å². The third kappa shape index (κ3) is 5.77. The van der Waals surface area contributed by atoms with Crippen molar-refractivity contribution in [3.05, 3.63) is 0 Å². The van der Waals surface area contributed by atoms with Gasteiger partial charge in [0.2, 0.25) is 5.91 Å². The van der Waals surface area contributed by atoms with Gasteiger partial charge in [0.1, 0.15) is 0 Å². The molecule has 17 heavy (non-hydrogen) atoms. The number of carbonyl (C=O) groups is 1. The summed E-state index contributed by atoms with van der Waals surface area (Å²) in [6.45, 7) is 2.13. The Bertz CT molecular complexity index is 215. The van der Waals surface area contributed by atoms with Crippen LogP contribution in [0.5, 0.6) is 0 Å². The van der Waals surface area contributed by atoms with Crippen LogP contribution in [-0.4, -0.2) is 36.5 Å². The van der Waals surface area contributed by atoms with Crippen LogP contribution in [0.3, 0.4) is 0 Å². The number of nitrogens with one attached hydrogen (secondary N) is 2. The minimum absolute atomic E-state index is 0.0387. The summed E-state index contributed by atoms with van der Waals surface area (Å²) >= 11 is 1.81. The molecule has 0 saturated heterocycles. The number of hydrogen-bond donors (Lipinski definition) is 2. The molecule has 4 heteroatoms. The Morgan fingerprint density at radius 3 is 2.47 bits per heavy atom. The van der Waals surface area contributed by atoms with E-state index in [1.54, 1.807) is 0 Å². The Labute approximate surface area is 109 Å². The van der Waals surface area contributed by atoms with Gasteiger partial charge < -0.3 is 10.6 Å². The van der Waals surface area contributed by atoms with E-state index in [9.17, 15) is 4.79 Å². The normalized spacial score (nSPS) is 19.6. The summed E-state index contributed by atoms with van der Waals surface area (Å²) in [6, 6.07) is 0.371. The monoisotopic (exact) mass is 258 g/mol. The van der Waals surface area contributed by atoms with Gasteiger partial charge in [-0.1, -0.05) is 32.6 Å². The molecule has 0 heterocycles. The molecule has 0 radical (unpaired) electrons. The lowest BCUT2D eigenvalue weighted by Gasteiger charge is -2.21. The Balaban J connectivity index is 2.33. The SMILES string of the molecule is CCSCC(NC)C(=O)NC1CCCCCC1. The highest BCUT2D eigenvalue weighted by molar-refractivity contribution is 7.99. The minimum atomic E-state index is -0.0387. The van der Waals surface area contributed by atoms with E-state index in [-0.39, 0.29) is 11.9 Å². The van der Waals surface area contributed by atoms with E-state index < -0.39 is 0 Å². The van der Waals surface area contributed by atoms with Gasteiger partial charge in [-0.25, -0.2) is 0 Å². The zero-order valence-corrected chi connectivity index (χ0v) is 11.9. The van der Waals surface area contributed by atoms with Crippen molar-refractivity contribution >= 4 is 17.7 Å². The highest BCUT2D eigenvalue weighted by atomic mass is 32.2. The molecule has 1 amide bonds. The lowest BCUT2D eigenvalue weighted by Crippen LogP contribution is -2.48. The summed E-state index contributed by atoms with van der Waals surface area (Å²) in [5.74, 6) is 2.11. The number of amides is 1. The molecule has 0 bridgehead atoms. The van der Waals surface area contributed by atoms with Crippen molar-refractivity contribution in [2.24, 2.45) is 0 Å². The summed E-state index contributed by atoms with van der Waals surface area (Å²) in [6.07, 6.45) is 7.49. The highest BCUT2D eigenvalue weighted by Gasteiger charge is 2.20. The van der Waals surface area contributed by atoms with E-state index in [4.69, 9.17) is 0 Å². The molecule has 0 aromatic rings. The van der Waals surface area contributed by atoms with Crippen LogP contribution >= 0.6 is 11.8 Å². The number of hydrogen-bond acceptors (Lipinski definition) is 3. The van der Waals surface area contributed by atoms with Gasteiger partial charge in [-0.15, -0.1) is 0 Å². The van der Waals surface area contributed by atoms with Crippen molar-refractivity contribution in [1.82, 2.24) is 10.6 Å². The van der Waals surface area contributed by atoms with Gasteiger partial charge in [-0.2, -0.15) is 11.8 Å². The number of likely N-dealkylation sites (N-methyl/N-ethyl adjacent to an activating group) is 1. The molecular formula is C13H26N2OS. The van der Waals surface area contributed by atoms with Crippen molar-refractivity contribution in [2.45, 2.75) is 57.5 Å². The largest absolute Gasteiger partial charge is 0.352 e. The lowest BCUT2D eigenvalue weighted by molar-refractivity contribution is -0.123. The molecule has 1 atom stereocenters. The summed E-state index contributed by atoms with van der Waals surface area (Å²) in [4.78, 5) is 12.1. The van der Waals surface area contributed by atoms with Crippen LogP contribution < -0.4 is 10.6 Å². The zero-order chi connectivity index (χ0) is 12.5. The molecule has 1 aliphatic rings. The van der Waals surface area contributed by atoms with Crippen LogP contribution in [-0.2, 0) is 4.79 Å². The quantitative estimate of drug-likeness (QED) is 0.717. The van der Waals surface area contributed by atoms with Gasteiger partial charge in [-0.05, 0) is 25.6 Å². The Kier molecular flexibility index (Phi) is 7.69. The summed E-state index contributed by atoms with van der Waals surface area (Å²) in [7, 11) is 1.87. The van der Waals surface area contributed by atoms with E-state index in [0.717, 1.165) is 24.3 Å². The summed E-state index contributed by atoms with van der Waals surface area (Å²) < 4.78 is 0. The van der Waals surface area contributed by atoms with Gasteiger partial charge in [0, 0.05) is 11.8 Å². The Morgan fingerprint density at radius 2 is 1.94 bits per heavy atom. The maximum absolute atomic E-state index is 12.1. The number of carbonyl (C=O) groups excluding carboxylic acids is 1. The van der Waals surface area contributed by atoms with E-state index in [1.807, 2.05) is 18.8 Å². The molecule has 1 unspecified atom stereocenters. The predicted molar refractivity (Wildman–Crippen MR) is 75.5 cm³/mol. The van der Waals surface area contributed by atoms with Crippen LogP contribution in [0.2, 0.25) is 0 Å². The van der Waals surface area contributed by atoms with Crippen molar-refractivity contribution < 1.29 is 4.79 Å². The van der Waals surface area contributed by atoms with Gasteiger partial charge in [0.05, 0.1) is 6.04 Å². The van der Waals surface area contributed by atoms with Gasteiger partial charge in [0.15, 0.2) is 0 Å². The molecule has 3 nitrogen and oxygen atoms in total. The van der Waals surface area contributed by atoms with Crippen LogP contribution in [0.1, 0.15) is 45.4 Å². The smallest absolute Gasteiger partial charge is 0.238 e. The number of rotatable bonds is 6. The topological polar surface area (TPSA) is 41.1 Å². The van der Waals surface area contributed by atoms with Crippen LogP contribution in [0.4, 0.5) is 0 Å². The zero-order valence-electron chi connectivity index (χ0n) is 11.1. The average Bonchev–Trinajstić information content (AvgIpc) is 2.58. The molecule has 1 aliphatic carbocycles. The van der Waals surface area contributed by atoms with Crippen molar-refractivity contribution in [3.8, 4) is 0 Å². The molecule has 0 spiro atoms. The first-order valence-corrected chi connectivity index (χ1v) is 7.98. The van der Waals surface area contributed by atoms with E-state index in [1.165, 1.54) is 25.7 Å². The minimum Gasteiger partial charge on any atom is -0.352 e. The van der Waals surface area contributed by atoms with Crippen molar-refractivity contribution in [1.29, 1.82) is 0 Å². The predicted octanol–water partition coefficient (Wildman–Crippen LogP) is 2.17. The van der Waals surface area contributed by atoms with Crippen molar-refractivity contribution in [3.63, 3.8) is 0 Å². The molecule has 0 aromatic carbocycles. The molecule has 0 aliphatic heterocycles. The maximum Gasteiger partial charge on any atom is 0.238 e. The van der Waals surface area contributed by atoms with Crippen LogP contribution in [0.15, 0.2) is 0 Å². The van der Waals surface area contributed by atoms with E-state index in [2.05, 4.69) is 17.6 Å². The van der Waals surface area contributed by atoms with Gasteiger partial charge in [-0.3, -0.25) is 4.79 Å². The molecule has 2 N–H and O–H groups in total. The van der Waals surface area contributed by atoms with E-state index in [0.29, 0.717) is 6.04 Å². The number of thioether (sulfide) groups is 1. The lowest BCUT2D eigenvalue weighted by atomic mass is 10.1. The second-order valence-corrected chi connectivity index (χ2v) is 6.02. The molecule has 0 aromatic heterocycles. The van der Waals surface area contributed by atoms with E-state index >= 15 is 0 Å². The second-order valence-electron chi connectivity index (χ2n) is 4.70. The third-order valence-electron chi connectivity index (χ3n) is 3.36. The van der Waals surface area contributed by atoms with Crippen LogP contribution in [0.25, 0.3) is 0 Å². The first kappa shape index (κ1) is 14.8. The molecule has 1 fully saturated rings. The molecule has 100 valence electrons. The molecule has 1 rings (SSSR count). The summed E-state index contributed by atoms with van der Waals surface area (Å²) in [5, 5.41) is 6.31. The fourth-order valence-corrected chi connectivity index (χ4v) is 3.04. The molecule has 1 saturated carbocycles. The average molecular weight is 258 g/mol. The fraction of sp³-hybridized carbons (Fsp3) is 0.923.